The monoisotopic (exact) mass is 952 g/mol. The van der Waals surface area contributed by atoms with Crippen LogP contribution in [0.25, 0.3) is 11.3 Å². The van der Waals surface area contributed by atoms with Crippen molar-refractivity contribution < 1.29 is 38.6 Å². The van der Waals surface area contributed by atoms with E-state index in [1.807, 2.05) is 11.0 Å². The van der Waals surface area contributed by atoms with Gasteiger partial charge in [0.25, 0.3) is 11.8 Å². The molecule has 10 rings (SSSR count). The molecular weight excluding hydrogens is 897 g/mol. The van der Waals surface area contributed by atoms with Crippen LogP contribution in [0.3, 0.4) is 0 Å². The summed E-state index contributed by atoms with van der Waals surface area (Å²) in [6, 6.07) is 20.7. The van der Waals surface area contributed by atoms with Crippen LogP contribution in [0.5, 0.6) is 17.2 Å². The maximum atomic E-state index is 14.1. The number of nitrogens with one attached hydrogen (secondary N) is 1. The van der Waals surface area contributed by atoms with E-state index in [2.05, 4.69) is 71.7 Å². The SMILES string of the molecule is CCCC(C(=O)N1CC(n2cc(C(C)Oc3cccc4c3C(=O)N(C3CCC(=O)NC3=O)C4=O)nn2)C1)N1CCN(c2ccc(N3CCC[C@H](Oc4cc(-c5ccccc5O)nnc4N)C3)cc2)CC1. The third-order valence-electron chi connectivity index (χ3n) is 14.0. The summed E-state index contributed by atoms with van der Waals surface area (Å²) >= 11 is 0. The normalized spacial score (nSPS) is 20.8. The highest BCUT2D eigenvalue weighted by atomic mass is 16.5. The average molecular weight is 953 g/mol. The lowest BCUT2D eigenvalue weighted by molar-refractivity contribution is -0.143. The zero-order valence-corrected chi connectivity index (χ0v) is 39.1. The molecule has 0 bridgehead atoms. The lowest BCUT2D eigenvalue weighted by atomic mass is 10.0. The Labute approximate surface area is 404 Å². The van der Waals surface area contributed by atoms with Crippen LogP contribution in [0.15, 0.2) is 79.0 Å². The van der Waals surface area contributed by atoms with E-state index in [4.69, 9.17) is 15.2 Å². The number of piperazine rings is 1. The highest BCUT2D eigenvalue weighted by Crippen LogP contribution is 2.37. The fourth-order valence-electron chi connectivity index (χ4n) is 10.2. The van der Waals surface area contributed by atoms with E-state index in [-0.39, 0.29) is 65.4 Å². The molecule has 70 heavy (non-hydrogen) atoms. The summed E-state index contributed by atoms with van der Waals surface area (Å²) in [6.45, 7) is 9.62. The number of para-hydroxylation sites is 1. The zero-order valence-electron chi connectivity index (χ0n) is 39.1. The number of benzene rings is 3. The number of amides is 5. The lowest BCUT2D eigenvalue weighted by Gasteiger charge is -2.45. The minimum absolute atomic E-state index is 0.0260. The Bertz CT molecular complexity index is 2810. The predicted molar refractivity (Wildman–Crippen MR) is 256 cm³/mol. The summed E-state index contributed by atoms with van der Waals surface area (Å²) in [7, 11) is 0. The van der Waals surface area contributed by atoms with Crippen molar-refractivity contribution in [1.29, 1.82) is 0 Å². The van der Waals surface area contributed by atoms with Crippen LogP contribution in [0.2, 0.25) is 0 Å². The Morgan fingerprint density at radius 2 is 1.59 bits per heavy atom. The number of fused-ring (bicyclic) bond motifs is 1. The summed E-state index contributed by atoms with van der Waals surface area (Å²) in [5.74, 6) is -1.32. The third kappa shape index (κ3) is 9.05. The molecule has 0 spiro atoms. The number of hydrogen-bond donors (Lipinski definition) is 3. The molecule has 5 aliphatic heterocycles. The smallest absolute Gasteiger partial charge is 0.266 e. The van der Waals surface area contributed by atoms with Crippen molar-refractivity contribution in [2.45, 2.75) is 82.7 Å². The molecule has 2 aromatic heterocycles. The lowest BCUT2D eigenvalue weighted by Crippen LogP contribution is -2.60. The number of aromatic hydroxyl groups is 1. The largest absolute Gasteiger partial charge is 0.507 e. The first-order chi connectivity index (χ1) is 33.9. The van der Waals surface area contributed by atoms with Gasteiger partial charge in [0, 0.05) is 75.2 Å². The molecule has 7 heterocycles. The number of likely N-dealkylation sites (tertiary alicyclic amines) is 1. The number of phenols is 1. The number of piperidine rings is 2. The van der Waals surface area contributed by atoms with Gasteiger partial charge in [-0.15, -0.1) is 15.3 Å². The van der Waals surface area contributed by atoms with Crippen molar-refractivity contribution in [2.75, 3.05) is 67.9 Å². The number of ether oxygens (including phenoxy) is 2. The maximum absolute atomic E-state index is 14.1. The second-order valence-electron chi connectivity index (χ2n) is 18.6. The fourth-order valence-corrected chi connectivity index (χ4v) is 10.2. The standard InChI is InChI=1S/C50H56N12O8/c1-3-8-40(49(67)60-26-33(27-60)61-29-38(54-56-61)30(2)69-42-13-6-11-36-45(42)50(68)62(48(36)66)39-18-19-44(64)52-47(39)65)58-23-21-57(22-24-58)31-14-16-32(17-15-31)59-20-7-9-34(28-59)70-43-25-37(53-55-46(43)51)35-10-4-5-12-41(35)63/h4-6,10-17,25,29-30,33-34,39-40,63H,3,7-9,18-24,26-28H2,1-2H3,(H2,51,55)(H,52,64,65)/t30?,34-,39?,40?/m0/s1. The number of nitrogens with two attached hydrogens (primary N) is 1. The molecule has 3 unspecified atom stereocenters. The molecule has 4 N–H and O–H groups in total. The molecule has 0 aliphatic carbocycles. The predicted octanol–water partition coefficient (Wildman–Crippen LogP) is 3.99. The first-order valence-corrected chi connectivity index (χ1v) is 24.1. The molecular formula is C50H56N12O8. The van der Waals surface area contributed by atoms with Gasteiger partial charge in [0.15, 0.2) is 11.6 Å². The van der Waals surface area contributed by atoms with E-state index in [0.29, 0.717) is 42.3 Å². The summed E-state index contributed by atoms with van der Waals surface area (Å²) < 4.78 is 14.4. The molecule has 5 aliphatic rings. The van der Waals surface area contributed by atoms with E-state index in [9.17, 15) is 29.1 Å². The number of anilines is 3. The maximum Gasteiger partial charge on any atom is 0.266 e. The number of carbonyl (C=O) groups excluding carboxylic acids is 5. The molecule has 5 aromatic rings. The summed E-state index contributed by atoms with van der Waals surface area (Å²) in [5, 5.41) is 29.6. The van der Waals surface area contributed by atoms with Crippen molar-refractivity contribution in [2.24, 2.45) is 0 Å². The summed E-state index contributed by atoms with van der Waals surface area (Å²) in [6.07, 6.45) is 4.59. The minimum Gasteiger partial charge on any atom is -0.507 e. The number of hydrogen-bond acceptors (Lipinski definition) is 16. The van der Waals surface area contributed by atoms with Gasteiger partial charge in [-0.25, -0.2) is 4.68 Å². The third-order valence-corrected chi connectivity index (χ3v) is 14.0. The summed E-state index contributed by atoms with van der Waals surface area (Å²) in [4.78, 5) is 75.1. The van der Waals surface area contributed by atoms with Gasteiger partial charge in [-0.3, -0.25) is 39.1 Å². The topological polar surface area (TPSA) is 235 Å². The molecule has 20 heteroatoms. The molecule has 0 radical (unpaired) electrons. The molecule has 20 nitrogen and oxygen atoms in total. The van der Waals surface area contributed by atoms with Gasteiger partial charge in [-0.1, -0.05) is 36.8 Å². The summed E-state index contributed by atoms with van der Waals surface area (Å²) in [5.41, 5.74) is 10.2. The number of nitrogens with zero attached hydrogens (tertiary/aromatic N) is 10. The molecule has 3 aromatic carbocycles. The Hall–Kier alpha value is -7.61. The minimum atomic E-state index is -1.08. The molecule has 4 fully saturated rings. The highest BCUT2D eigenvalue weighted by molar-refractivity contribution is 6.24. The van der Waals surface area contributed by atoms with Crippen LogP contribution >= 0.6 is 0 Å². The van der Waals surface area contributed by atoms with Gasteiger partial charge in [-0.2, -0.15) is 0 Å². The highest BCUT2D eigenvalue weighted by Gasteiger charge is 2.46. The second-order valence-corrected chi connectivity index (χ2v) is 18.6. The average Bonchev–Trinajstić information content (AvgIpc) is 3.94. The molecule has 4 saturated heterocycles. The second kappa shape index (κ2) is 19.4. The first kappa shape index (κ1) is 46.1. The number of aromatic nitrogens is 5. The Morgan fingerprint density at radius 3 is 2.33 bits per heavy atom. The molecule has 4 atom stereocenters. The van der Waals surface area contributed by atoms with Crippen molar-refractivity contribution in [3.63, 3.8) is 0 Å². The van der Waals surface area contributed by atoms with E-state index >= 15 is 0 Å². The van der Waals surface area contributed by atoms with E-state index in [0.717, 1.165) is 74.7 Å². The van der Waals surface area contributed by atoms with Gasteiger partial charge < -0.3 is 35.0 Å². The number of rotatable bonds is 14. The van der Waals surface area contributed by atoms with Crippen LogP contribution in [-0.4, -0.2) is 145 Å². The van der Waals surface area contributed by atoms with Crippen LogP contribution in [0.1, 0.15) is 90.9 Å². The molecule has 0 saturated carbocycles. The van der Waals surface area contributed by atoms with Gasteiger partial charge in [0.2, 0.25) is 17.7 Å². The van der Waals surface area contributed by atoms with Crippen molar-refractivity contribution in [1.82, 2.24) is 45.2 Å². The van der Waals surface area contributed by atoms with Crippen LogP contribution in [0.4, 0.5) is 17.2 Å². The van der Waals surface area contributed by atoms with Crippen LogP contribution < -0.4 is 30.3 Å². The van der Waals surface area contributed by atoms with Gasteiger partial charge >= 0.3 is 0 Å². The van der Waals surface area contributed by atoms with E-state index in [1.54, 1.807) is 54.2 Å². The van der Waals surface area contributed by atoms with Gasteiger partial charge in [0.05, 0.1) is 36.0 Å². The Balaban J connectivity index is 0.702. The first-order valence-electron chi connectivity index (χ1n) is 24.1. The quantitative estimate of drug-likeness (QED) is 0.134. The Kier molecular flexibility index (Phi) is 12.8. The molecule has 364 valence electrons. The number of phenolic OH excluding ortho intramolecular Hbond substituents is 1. The number of imide groups is 2. The van der Waals surface area contributed by atoms with Gasteiger partial charge in [0.1, 0.15) is 41.1 Å². The number of nitrogen functional groups attached to an aromatic ring is 1. The Morgan fingerprint density at radius 1 is 0.843 bits per heavy atom. The van der Waals surface area contributed by atoms with Crippen LogP contribution in [-0.2, 0) is 14.4 Å². The van der Waals surface area contributed by atoms with Crippen molar-refractivity contribution >= 4 is 46.7 Å². The number of carbonyl (C=O) groups is 5. The molecule has 5 amide bonds. The zero-order chi connectivity index (χ0) is 48.6. The van der Waals surface area contributed by atoms with E-state index < -0.39 is 35.8 Å². The van der Waals surface area contributed by atoms with Crippen molar-refractivity contribution in [3.05, 3.63) is 95.8 Å². The van der Waals surface area contributed by atoms with Gasteiger partial charge in [-0.05, 0) is 81.1 Å². The fraction of sp³-hybridized carbons (Fsp3) is 0.420. The van der Waals surface area contributed by atoms with Crippen molar-refractivity contribution in [3.8, 4) is 28.5 Å². The van der Waals surface area contributed by atoms with E-state index in [1.165, 1.54) is 6.07 Å². The van der Waals surface area contributed by atoms with Crippen LogP contribution in [0, 0.1) is 0 Å².